The molecule has 5 heteroatoms. The number of aromatic amines is 1. The molecule has 2 aliphatic rings. The lowest BCUT2D eigenvalue weighted by molar-refractivity contribution is 0.542. The third kappa shape index (κ3) is 6.16. The molecule has 0 saturated carbocycles. The standard InChI is InChI=1S/C28H32N4S.2C2H6/c1-16(2)20-8-10-21(11-9-20)24-14-23-27(33-24)28(31-15-30-23)29-13-12-22-19(5)32-26-18(4)7-6-17(3)25(22)26;2*1-2/h6-11,14,23,29-32H,1,12-13,15H2,2-5H3;2*1-2H3. The van der Waals surface area contributed by atoms with Crippen LogP contribution in [0.4, 0.5) is 0 Å². The van der Waals surface area contributed by atoms with Gasteiger partial charge in [-0.2, -0.15) is 0 Å². The minimum absolute atomic E-state index is 0.259. The van der Waals surface area contributed by atoms with E-state index < -0.39 is 0 Å². The summed E-state index contributed by atoms with van der Waals surface area (Å²) in [6.07, 6.45) is 3.33. The summed E-state index contributed by atoms with van der Waals surface area (Å²) in [5, 5.41) is 12.2. The number of H-pyrrole nitrogens is 1. The van der Waals surface area contributed by atoms with Gasteiger partial charge in [0.25, 0.3) is 0 Å². The summed E-state index contributed by atoms with van der Waals surface area (Å²) in [7, 11) is 0. The normalized spacial score (nSPS) is 16.1. The highest BCUT2D eigenvalue weighted by atomic mass is 32.2. The second kappa shape index (κ2) is 13.1. The lowest BCUT2D eigenvalue weighted by atomic mass is 10.0. The van der Waals surface area contributed by atoms with Gasteiger partial charge in [-0.15, -0.1) is 0 Å². The van der Waals surface area contributed by atoms with Crippen LogP contribution in [0.15, 0.2) is 59.8 Å². The molecular weight excluding hydrogens is 472 g/mol. The Bertz CT molecular complexity index is 1290. The second-order valence-electron chi connectivity index (χ2n) is 9.12. The van der Waals surface area contributed by atoms with E-state index >= 15 is 0 Å². The molecule has 198 valence electrons. The van der Waals surface area contributed by atoms with E-state index in [0.29, 0.717) is 0 Å². The van der Waals surface area contributed by atoms with E-state index in [9.17, 15) is 0 Å². The highest BCUT2D eigenvalue weighted by Crippen LogP contribution is 2.44. The SMILES string of the molecule is C=C(C)c1ccc(C2=CC3NCNC(NCCc4c(C)[nH]c5c(C)ccc(C)c45)=C3S2)cc1.CC.CC. The van der Waals surface area contributed by atoms with Gasteiger partial charge < -0.3 is 15.6 Å². The zero-order chi connectivity index (χ0) is 27.1. The van der Waals surface area contributed by atoms with Crippen molar-refractivity contribution in [3.63, 3.8) is 0 Å². The van der Waals surface area contributed by atoms with Crippen LogP contribution in [0, 0.1) is 20.8 Å². The number of benzene rings is 2. The maximum absolute atomic E-state index is 4.04. The Balaban J connectivity index is 0.000000907. The average Bonchev–Trinajstić information content (AvgIpc) is 3.51. The number of fused-ring (bicyclic) bond motifs is 2. The summed E-state index contributed by atoms with van der Waals surface area (Å²) in [6, 6.07) is 13.4. The van der Waals surface area contributed by atoms with Crippen LogP contribution < -0.4 is 16.0 Å². The molecule has 1 atom stereocenters. The molecular formula is C32H44N4S. The lowest BCUT2D eigenvalue weighted by Gasteiger charge is -2.26. The van der Waals surface area contributed by atoms with E-state index in [-0.39, 0.29) is 6.04 Å². The molecule has 37 heavy (non-hydrogen) atoms. The van der Waals surface area contributed by atoms with Crippen LogP contribution >= 0.6 is 11.8 Å². The summed E-state index contributed by atoms with van der Waals surface area (Å²) in [6.45, 7) is 22.3. The van der Waals surface area contributed by atoms with Crippen LogP contribution in [0.5, 0.6) is 0 Å². The smallest absolute Gasteiger partial charge is 0.112 e. The zero-order valence-corrected chi connectivity index (χ0v) is 24.7. The molecule has 5 rings (SSSR count). The van der Waals surface area contributed by atoms with Crippen molar-refractivity contribution in [3.05, 3.63) is 93.3 Å². The van der Waals surface area contributed by atoms with Gasteiger partial charge >= 0.3 is 0 Å². The molecule has 1 aromatic heterocycles. The number of rotatable bonds is 6. The number of allylic oxidation sites excluding steroid dienone is 1. The fourth-order valence-corrected chi connectivity index (χ4v) is 6.02. The van der Waals surface area contributed by atoms with Gasteiger partial charge in [-0.1, -0.05) is 88.0 Å². The van der Waals surface area contributed by atoms with E-state index in [4.69, 9.17) is 0 Å². The van der Waals surface area contributed by atoms with Crippen molar-refractivity contribution in [1.29, 1.82) is 0 Å². The van der Waals surface area contributed by atoms with Gasteiger partial charge in [0, 0.05) is 28.0 Å². The van der Waals surface area contributed by atoms with E-state index in [1.807, 2.05) is 46.4 Å². The van der Waals surface area contributed by atoms with Crippen molar-refractivity contribution in [3.8, 4) is 0 Å². The molecule has 2 aromatic carbocycles. The molecule has 4 N–H and O–H groups in total. The van der Waals surface area contributed by atoms with Crippen LogP contribution in [0.1, 0.15) is 68.1 Å². The van der Waals surface area contributed by atoms with Crippen molar-refractivity contribution in [2.75, 3.05) is 13.2 Å². The lowest BCUT2D eigenvalue weighted by Crippen LogP contribution is -2.45. The molecule has 2 aliphatic heterocycles. The molecule has 3 aromatic rings. The van der Waals surface area contributed by atoms with Crippen LogP contribution in [0.3, 0.4) is 0 Å². The Kier molecular flexibility index (Phi) is 10.1. The fourth-order valence-electron chi connectivity index (χ4n) is 4.80. The Labute approximate surface area is 228 Å². The van der Waals surface area contributed by atoms with E-state index in [2.05, 4.69) is 90.8 Å². The minimum atomic E-state index is 0.259. The molecule has 1 unspecified atom stereocenters. The average molecular weight is 517 g/mol. The topological polar surface area (TPSA) is 51.9 Å². The number of hydrogen-bond acceptors (Lipinski definition) is 4. The first-order valence-corrected chi connectivity index (χ1v) is 14.4. The summed E-state index contributed by atoms with van der Waals surface area (Å²) in [5.74, 6) is 1.15. The van der Waals surface area contributed by atoms with Gasteiger partial charge in [0.1, 0.15) is 5.82 Å². The Hall–Kier alpha value is -2.89. The largest absolute Gasteiger partial charge is 0.371 e. The van der Waals surface area contributed by atoms with Crippen molar-refractivity contribution in [2.45, 2.75) is 67.9 Å². The minimum Gasteiger partial charge on any atom is -0.371 e. The number of thioether (sulfide) groups is 1. The van der Waals surface area contributed by atoms with Crippen LogP contribution in [0.2, 0.25) is 0 Å². The third-order valence-electron chi connectivity index (χ3n) is 6.68. The Morgan fingerprint density at radius 2 is 1.68 bits per heavy atom. The van der Waals surface area contributed by atoms with E-state index in [1.54, 1.807) is 0 Å². The second-order valence-corrected chi connectivity index (χ2v) is 10.2. The van der Waals surface area contributed by atoms with Gasteiger partial charge in [0.2, 0.25) is 0 Å². The molecule has 0 fully saturated rings. The van der Waals surface area contributed by atoms with Crippen molar-refractivity contribution in [2.24, 2.45) is 0 Å². The molecule has 0 aliphatic carbocycles. The molecule has 4 nitrogen and oxygen atoms in total. The summed E-state index contributed by atoms with van der Waals surface area (Å²) >= 11 is 1.85. The Morgan fingerprint density at radius 3 is 2.35 bits per heavy atom. The molecule has 0 spiro atoms. The first kappa shape index (κ1) is 28.7. The number of nitrogens with one attached hydrogen (secondary N) is 4. The van der Waals surface area contributed by atoms with Crippen LogP contribution in [0.25, 0.3) is 21.4 Å². The van der Waals surface area contributed by atoms with E-state index in [1.165, 1.54) is 54.2 Å². The van der Waals surface area contributed by atoms with Gasteiger partial charge in [0.15, 0.2) is 0 Å². The fraction of sp³-hybridized carbons (Fsp3) is 0.375. The first-order chi connectivity index (χ1) is 17.9. The third-order valence-corrected chi connectivity index (χ3v) is 7.95. The Morgan fingerprint density at radius 1 is 1.00 bits per heavy atom. The number of aryl methyl sites for hydroxylation is 3. The van der Waals surface area contributed by atoms with Gasteiger partial charge in [-0.05, 0) is 68.0 Å². The zero-order valence-electron chi connectivity index (χ0n) is 23.9. The highest BCUT2D eigenvalue weighted by molar-refractivity contribution is 8.12. The predicted molar refractivity (Wildman–Crippen MR) is 166 cm³/mol. The molecule has 3 heterocycles. The number of aromatic nitrogens is 1. The van der Waals surface area contributed by atoms with Crippen molar-refractivity contribution >= 4 is 33.1 Å². The first-order valence-electron chi connectivity index (χ1n) is 13.6. The highest BCUT2D eigenvalue weighted by Gasteiger charge is 2.29. The molecule has 0 saturated heterocycles. The molecule has 0 radical (unpaired) electrons. The monoisotopic (exact) mass is 516 g/mol. The number of hydrogen-bond donors (Lipinski definition) is 4. The summed E-state index contributed by atoms with van der Waals surface area (Å²) in [4.78, 5) is 6.24. The van der Waals surface area contributed by atoms with E-state index in [0.717, 1.165) is 31.0 Å². The summed E-state index contributed by atoms with van der Waals surface area (Å²) < 4.78 is 0. The predicted octanol–water partition coefficient (Wildman–Crippen LogP) is 7.79. The molecule has 0 amide bonds. The maximum Gasteiger partial charge on any atom is 0.112 e. The van der Waals surface area contributed by atoms with Crippen LogP contribution in [-0.4, -0.2) is 24.2 Å². The van der Waals surface area contributed by atoms with Crippen molar-refractivity contribution < 1.29 is 0 Å². The van der Waals surface area contributed by atoms with Gasteiger partial charge in [0.05, 0.1) is 17.6 Å². The maximum atomic E-state index is 4.04. The van der Waals surface area contributed by atoms with Gasteiger partial charge in [-0.3, -0.25) is 5.32 Å². The van der Waals surface area contributed by atoms with Crippen LogP contribution in [-0.2, 0) is 6.42 Å². The van der Waals surface area contributed by atoms with Crippen molar-refractivity contribution in [1.82, 2.24) is 20.9 Å². The van der Waals surface area contributed by atoms with Gasteiger partial charge in [-0.25, -0.2) is 0 Å². The quantitative estimate of drug-likeness (QED) is 0.270. The summed E-state index contributed by atoms with van der Waals surface area (Å²) in [5.41, 5.74) is 10.2. The molecule has 0 bridgehead atoms.